The van der Waals surface area contributed by atoms with Crippen molar-refractivity contribution in [2.45, 2.75) is 5.33 Å². The second kappa shape index (κ2) is 4.75. The highest BCUT2D eigenvalue weighted by Gasteiger charge is 2.21. The van der Waals surface area contributed by atoms with Gasteiger partial charge in [-0.3, -0.25) is 0 Å². The van der Waals surface area contributed by atoms with E-state index in [2.05, 4.69) is 45.1 Å². The Hall–Kier alpha value is -0.550. The fraction of sp³-hybridized carbons (Fsp3) is 0.455. The van der Waals surface area contributed by atoms with Gasteiger partial charge in [-0.25, -0.2) is 8.42 Å². The molecule has 1 saturated heterocycles. The van der Waals surface area contributed by atoms with Crippen LogP contribution in [0.1, 0.15) is 5.56 Å². The van der Waals surface area contributed by atoms with Gasteiger partial charge in [-0.05, 0) is 17.7 Å². The maximum absolute atomic E-state index is 11.3. The van der Waals surface area contributed by atoms with Gasteiger partial charge in [0, 0.05) is 24.1 Å². The van der Waals surface area contributed by atoms with Crippen molar-refractivity contribution < 1.29 is 8.42 Å². The average molecular weight is 304 g/mol. The lowest BCUT2D eigenvalue weighted by Gasteiger charge is -2.28. The molecule has 0 aromatic heterocycles. The molecule has 0 amide bonds. The molecule has 1 fully saturated rings. The fourth-order valence-electron chi connectivity index (χ4n) is 1.77. The van der Waals surface area contributed by atoms with Gasteiger partial charge >= 0.3 is 0 Å². The van der Waals surface area contributed by atoms with E-state index in [9.17, 15) is 8.42 Å². The average Bonchev–Trinajstić information content (AvgIpc) is 2.29. The smallest absolute Gasteiger partial charge is 0.153 e. The third-order valence-corrected chi connectivity index (χ3v) is 5.06. The van der Waals surface area contributed by atoms with Crippen molar-refractivity contribution in [3.05, 3.63) is 29.8 Å². The summed E-state index contributed by atoms with van der Waals surface area (Å²) >= 11 is 3.40. The summed E-state index contributed by atoms with van der Waals surface area (Å²) in [6.07, 6.45) is 0. The number of anilines is 1. The molecular weight excluding hydrogens is 290 g/mol. The minimum Gasteiger partial charge on any atom is -0.369 e. The lowest BCUT2D eigenvalue weighted by atomic mass is 10.2. The van der Waals surface area contributed by atoms with Gasteiger partial charge in [-0.15, -0.1) is 0 Å². The van der Waals surface area contributed by atoms with Crippen LogP contribution in [0.25, 0.3) is 0 Å². The quantitative estimate of drug-likeness (QED) is 0.782. The number of alkyl halides is 1. The van der Waals surface area contributed by atoms with Crippen molar-refractivity contribution in [1.82, 2.24) is 0 Å². The summed E-state index contributed by atoms with van der Waals surface area (Å²) in [6, 6.07) is 8.23. The first-order chi connectivity index (χ1) is 7.61. The Morgan fingerprint density at radius 3 is 2.19 bits per heavy atom. The highest BCUT2D eigenvalue weighted by atomic mass is 79.9. The van der Waals surface area contributed by atoms with Crippen LogP contribution >= 0.6 is 15.9 Å². The molecule has 3 nitrogen and oxygen atoms in total. The van der Waals surface area contributed by atoms with Crippen LogP contribution < -0.4 is 4.90 Å². The Morgan fingerprint density at radius 1 is 1.12 bits per heavy atom. The molecule has 1 aliphatic rings. The molecule has 0 aliphatic carbocycles. The molecule has 1 aromatic rings. The third-order valence-electron chi connectivity index (χ3n) is 2.80. The molecule has 5 heteroatoms. The summed E-state index contributed by atoms with van der Waals surface area (Å²) in [5, 5.41) is 0.849. The number of benzene rings is 1. The van der Waals surface area contributed by atoms with Gasteiger partial charge < -0.3 is 4.90 Å². The molecule has 0 unspecified atom stereocenters. The maximum atomic E-state index is 11.3. The lowest BCUT2D eigenvalue weighted by Crippen LogP contribution is -2.40. The van der Waals surface area contributed by atoms with Crippen molar-refractivity contribution in [2.75, 3.05) is 29.5 Å². The first-order valence-corrected chi connectivity index (χ1v) is 8.15. The van der Waals surface area contributed by atoms with Gasteiger partial charge in [0.25, 0.3) is 0 Å². The predicted octanol–water partition coefficient (Wildman–Crippen LogP) is 1.82. The predicted molar refractivity (Wildman–Crippen MR) is 69.9 cm³/mol. The van der Waals surface area contributed by atoms with Crippen LogP contribution in [0.4, 0.5) is 5.69 Å². The summed E-state index contributed by atoms with van der Waals surface area (Å²) in [4.78, 5) is 2.12. The Kier molecular flexibility index (Phi) is 3.54. The second-order valence-electron chi connectivity index (χ2n) is 3.94. The zero-order chi connectivity index (χ0) is 11.6. The fourth-order valence-corrected chi connectivity index (χ4v) is 3.34. The zero-order valence-corrected chi connectivity index (χ0v) is 11.3. The van der Waals surface area contributed by atoms with Gasteiger partial charge in [0.05, 0.1) is 11.5 Å². The summed E-state index contributed by atoms with van der Waals surface area (Å²) in [6.45, 7) is 1.21. The molecule has 0 saturated carbocycles. The van der Waals surface area contributed by atoms with Gasteiger partial charge in [-0.1, -0.05) is 28.1 Å². The van der Waals surface area contributed by atoms with E-state index in [4.69, 9.17) is 0 Å². The molecule has 1 aliphatic heterocycles. The zero-order valence-electron chi connectivity index (χ0n) is 8.89. The Labute approximate surface area is 105 Å². The first-order valence-electron chi connectivity index (χ1n) is 5.21. The summed E-state index contributed by atoms with van der Waals surface area (Å²) < 4.78 is 22.6. The van der Waals surface area contributed by atoms with Gasteiger partial charge in [0.1, 0.15) is 0 Å². The molecule has 0 atom stereocenters. The van der Waals surface area contributed by atoms with E-state index in [-0.39, 0.29) is 11.5 Å². The second-order valence-corrected chi connectivity index (χ2v) is 6.80. The summed E-state index contributed by atoms with van der Waals surface area (Å²) in [7, 11) is -2.79. The van der Waals surface area contributed by atoms with Gasteiger partial charge in [0.2, 0.25) is 0 Å². The number of halogens is 1. The number of nitrogens with zero attached hydrogens (tertiary/aromatic N) is 1. The van der Waals surface area contributed by atoms with Crippen LogP contribution in [0.2, 0.25) is 0 Å². The Bertz CT molecular complexity index is 441. The van der Waals surface area contributed by atoms with Crippen LogP contribution in [0.15, 0.2) is 24.3 Å². The van der Waals surface area contributed by atoms with E-state index in [0.29, 0.717) is 13.1 Å². The molecule has 0 bridgehead atoms. The molecule has 1 heterocycles. The highest BCUT2D eigenvalue weighted by molar-refractivity contribution is 9.08. The molecule has 0 N–H and O–H groups in total. The molecule has 0 spiro atoms. The van der Waals surface area contributed by atoms with Crippen molar-refractivity contribution in [3.63, 3.8) is 0 Å². The normalized spacial score (nSPS) is 19.7. The first kappa shape index (κ1) is 11.9. The van der Waals surface area contributed by atoms with Crippen molar-refractivity contribution in [1.29, 1.82) is 0 Å². The van der Waals surface area contributed by atoms with E-state index in [0.717, 1.165) is 11.0 Å². The van der Waals surface area contributed by atoms with E-state index in [1.807, 2.05) is 0 Å². The Morgan fingerprint density at radius 2 is 1.69 bits per heavy atom. The Balaban J connectivity index is 2.08. The third kappa shape index (κ3) is 2.77. The lowest BCUT2D eigenvalue weighted by molar-refractivity contribution is 0.587. The standard InChI is InChI=1S/C11H14BrNO2S/c12-9-10-1-3-11(4-2-10)13-5-7-16(14,15)8-6-13/h1-4H,5-9H2. The molecule has 16 heavy (non-hydrogen) atoms. The summed E-state index contributed by atoms with van der Waals surface area (Å²) in [5.74, 6) is 0.542. The van der Waals surface area contributed by atoms with Crippen LogP contribution in [-0.4, -0.2) is 33.0 Å². The molecule has 1 aromatic carbocycles. The molecular formula is C11H14BrNO2S. The van der Waals surface area contributed by atoms with E-state index in [1.54, 1.807) is 0 Å². The highest BCUT2D eigenvalue weighted by Crippen LogP contribution is 2.18. The van der Waals surface area contributed by atoms with Gasteiger partial charge in [0.15, 0.2) is 9.84 Å². The molecule has 88 valence electrons. The SMILES string of the molecule is O=S1(=O)CCN(c2ccc(CBr)cc2)CC1. The van der Waals surface area contributed by atoms with Crippen LogP contribution in [0, 0.1) is 0 Å². The van der Waals surface area contributed by atoms with Crippen LogP contribution in [0.5, 0.6) is 0 Å². The van der Waals surface area contributed by atoms with E-state index >= 15 is 0 Å². The number of hydrogen-bond donors (Lipinski definition) is 0. The molecule has 0 radical (unpaired) electrons. The largest absolute Gasteiger partial charge is 0.369 e. The van der Waals surface area contributed by atoms with Crippen LogP contribution in [0.3, 0.4) is 0 Å². The molecule has 2 rings (SSSR count). The van der Waals surface area contributed by atoms with Crippen molar-refractivity contribution in [3.8, 4) is 0 Å². The topological polar surface area (TPSA) is 37.4 Å². The van der Waals surface area contributed by atoms with Gasteiger partial charge in [-0.2, -0.15) is 0 Å². The monoisotopic (exact) mass is 303 g/mol. The van der Waals surface area contributed by atoms with Crippen LogP contribution in [-0.2, 0) is 15.2 Å². The number of sulfone groups is 1. The minimum absolute atomic E-state index is 0.271. The minimum atomic E-state index is -2.79. The maximum Gasteiger partial charge on any atom is 0.153 e. The van der Waals surface area contributed by atoms with Crippen molar-refractivity contribution >= 4 is 31.5 Å². The number of rotatable bonds is 2. The van der Waals surface area contributed by atoms with E-state index < -0.39 is 9.84 Å². The van der Waals surface area contributed by atoms with Crippen molar-refractivity contribution in [2.24, 2.45) is 0 Å². The number of hydrogen-bond acceptors (Lipinski definition) is 3. The summed E-state index contributed by atoms with van der Waals surface area (Å²) in [5.41, 5.74) is 2.34. The van der Waals surface area contributed by atoms with E-state index in [1.165, 1.54) is 5.56 Å².